The Hall–Kier alpha value is -2.35. The molecule has 0 bridgehead atoms. The van der Waals surface area contributed by atoms with Crippen molar-refractivity contribution in [1.29, 1.82) is 5.26 Å². The van der Waals surface area contributed by atoms with Crippen molar-refractivity contribution in [3.8, 4) is 6.07 Å². The second-order valence-electron chi connectivity index (χ2n) is 10.6. The molecule has 0 aromatic heterocycles. The number of hydrogen-bond acceptors (Lipinski definition) is 3. The van der Waals surface area contributed by atoms with Crippen LogP contribution in [0.25, 0.3) is 0 Å². The Kier molecular flexibility index (Phi) is 8.19. The zero-order chi connectivity index (χ0) is 23.4. The first kappa shape index (κ1) is 25.7. The third-order valence-electron chi connectivity index (χ3n) is 8.90. The summed E-state index contributed by atoms with van der Waals surface area (Å²) in [6.07, 6.45) is 9.25. The van der Waals surface area contributed by atoms with Crippen LogP contribution in [0.2, 0.25) is 0 Å². The highest BCUT2D eigenvalue weighted by Crippen LogP contribution is 2.43. The average molecular weight is 492 g/mol. The van der Waals surface area contributed by atoms with Crippen molar-refractivity contribution in [3.05, 3.63) is 71.8 Å². The van der Waals surface area contributed by atoms with E-state index in [9.17, 15) is 10.1 Å². The van der Waals surface area contributed by atoms with Crippen LogP contribution in [0.4, 0.5) is 0 Å². The van der Waals surface area contributed by atoms with Gasteiger partial charge in [-0.3, -0.25) is 4.79 Å². The molecular formula is C30H38ClN3O. The van der Waals surface area contributed by atoms with Gasteiger partial charge in [-0.25, -0.2) is 0 Å². The lowest BCUT2D eigenvalue weighted by atomic mass is 9.67. The molecule has 0 N–H and O–H groups in total. The Morgan fingerprint density at radius 1 is 0.771 bits per heavy atom. The Morgan fingerprint density at radius 3 is 1.86 bits per heavy atom. The van der Waals surface area contributed by atoms with E-state index >= 15 is 0 Å². The predicted octanol–water partition coefficient (Wildman–Crippen LogP) is 5.86. The summed E-state index contributed by atoms with van der Waals surface area (Å²) in [5, 5.41) is 10.1. The normalized spacial score (nSPS) is 26.8. The van der Waals surface area contributed by atoms with Gasteiger partial charge in [0, 0.05) is 19.1 Å². The van der Waals surface area contributed by atoms with Crippen molar-refractivity contribution < 1.29 is 4.79 Å². The topological polar surface area (TPSA) is 47.3 Å². The number of carbonyl (C=O) groups is 1. The predicted molar refractivity (Wildman–Crippen MR) is 143 cm³/mol. The highest BCUT2D eigenvalue weighted by Gasteiger charge is 2.47. The Labute approximate surface area is 216 Å². The third-order valence-corrected chi connectivity index (χ3v) is 8.90. The number of benzene rings is 2. The van der Waals surface area contributed by atoms with Crippen LogP contribution in [0.3, 0.4) is 0 Å². The summed E-state index contributed by atoms with van der Waals surface area (Å²) in [5.41, 5.74) is 1.64. The van der Waals surface area contributed by atoms with Crippen LogP contribution in [0, 0.1) is 11.3 Å². The number of carbonyl (C=O) groups excluding carboxylic acids is 1. The Bertz CT molecular complexity index is 997. The first-order valence-corrected chi connectivity index (χ1v) is 13.2. The summed E-state index contributed by atoms with van der Waals surface area (Å²) in [6, 6.07) is 24.1. The van der Waals surface area contributed by atoms with Gasteiger partial charge < -0.3 is 9.80 Å². The van der Waals surface area contributed by atoms with E-state index in [0.29, 0.717) is 11.9 Å². The van der Waals surface area contributed by atoms with Gasteiger partial charge in [0.15, 0.2) is 0 Å². The van der Waals surface area contributed by atoms with E-state index in [1.165, 1.54) is 17.5 Å². The van der Waals surface area contributed by atoms with Gasteiger partial charge in [0.25, 0.3) is 0 Å². The molecule has 0 spiro atoms. The number of nitriles is 1. The molecule has 1 aliphatic carbocycles. The van der Waals surface area contributed by atoms with Crippen LogP contribution < -0.4 is 0 Å². The third kappa shape index (κ3) is 4.99. The van der Waals surface area contributed by atoms with Crippen LogP contribution in [0.1, 0.15) is 68.9 Å². The Morgan fingerprint density at radius 2 is 1.31 bits per heavy atom. The van der Waals surface area contributed by atoms with Crippen molar-refractivity contribution in [2.24, 2.45) is 0 Å². The van der Waals surface area contributed by atoms with Crippen LogP contribution >= 0.6 is 12.4 Å². The maximum atomic E-state index is 13.9. The maximum Gasteiger partial charge on any atom is 0.233 e. The van der Waals surface area contributed by atoms with Gasteiger partial charge in [-0.15, -0.1) is 12.4 Å². The van der Waals surface area contributed by atoms with Gasteiger partial charge in [0.05, 0.1) is 16.9 Å². The molecule has 1 saturated carbocycles. The molecule has 2 heterocycles. The lowest BCUT2D eigenvalue weighted by Gasteiger charge is -2.48. The summed E-state index contributed by atoms with van der Waals surface area (Å²) in [6.45, 7) is 3.75. The zero-order valence-corrected chi connectivity index (χ0v) is 21.5. The van der Waals surface area contributed by atoms with Gasteiger partial charge in [0.2, 0.25) is 5.91 Å². The summed E-state index contributed by atoms with van der Waals surface area (Å²) >= 11 is 0. The second kappa shape index (κ2) is 11.1. The molecule has 4 nitrogen and oxygen atoms in total. The zero-order valence-electron chi connectivity index (χ0n) is 20.7. The molecule has 1 amide bonds. The largest absolute Gasteiger partial charge is 0.342 e. The smallest absolute Gasteiger partial charge is 0.233 e. The van der Waals surface area contributed by atoms with E-state index in [0.717, 1.165) is 77.5 Å². The van der Waals surface area contributed by atoms with Crippen molar-refractivity contribution in [2.45, 2.75) is 74.7 Å². The fourth-order valence-corrected chi connectivity index (χ4v) is 6.74. The lowest BCUT2D eigenvalue weighted by Crippen LogP contribution is -2.56. The van der Waals surface area contributed by atoms with Crippen molar-refractivity contribution in [3.63, 3.8) is 0 Å². The quantitative estimate of drug-likeness (QED) is 0.538. The maximum absolute atomic E-state index is 13.9. The monoisotopic (exact) mass is 491 g/mol. The van der Waals surface area contributed by atoms with E-state index in [1.807, 2.05) is 24.3 Å². The molecule has 3 fully saturated rings. The standard InChI is InChI=1S/C30H37N3O.ClH/c31-24-29(25-10-4-1-5-11-25)16-14-27(15-17-29)32-22-18-30(19-23-32,26-12-6-2-7-13-26)28(34)33-20-8-3-9-21-33;/h1-2,4-7,10-13,27H,3,8-9,14-23H2;1H. The van der Waals surface area contributed by atoms with Gasteiger partial charge in [-0.05, 0) is 82.0 Å². The Balaban J connectivity index is 0.00000289. The summed E-state index contributed by atoms with van der Waals surface area (Å²) in [4.78, 5) is 18.7. The highest BCUT2D eigenvalue weighted by molar-refractivity contribution is 5.88. The summed E-state index contributed by atoms with van der Waals surface area (Å²) < 4.78 is 0. The van der Waals surface area contributed by atoms with Crippen LogP contribution in [-0.4, -0.2) is 47.9 Å². The van der Waals surface area contributed by atoms with Crippen LogP contribution in [-0.2, 0) is 15.6 Å². The van der Waals surface area contributed by atoms with Crippen LogP contribution in [0.15, 0.2) is 60.7 Å². The fourth-order valence-electron chi connectivity index (χ4n) is 6.74. The molecule has 2 aliphatic heterocycles. The van der Waals surface area contributed by atoms with E-state index in [-0.39, 0.29) is 23.2 Å². The number of hydrogen-bond donors (Lipinski definition) is 0. The summed E-state index contributed by atoms with van der Waals surface area (Å²) in [5.74, 6) is 0.356. The number of rotatable bonds is 4. The fraction of sp³-hybridized carbons (Fsp3) is 0.533. The molecule has 186 valence electrons. The molecule has 0 unspecified atom stereocenters. The van der Waals surface area contributed by atoms with Gasteiger partial charge in [-0.2, -0.15) is 5.26 Å². The molecule has 2 aromatic rings. The molecule has 2 saturated heterocycles. The molecule has 35 heavy (non-hydrogen) atoms. The van der Waals surface area contributed by atoms with Gasteiger partial charge >= 0.3 is 0 Å². The molecule has 5 heteroatoms. The van der Waals surface area contributed by atoms with E-state index in [4.69, 9.17) is 0 Å². The van der Waals surface area contributed by atoms with E-state index < -0.39 is 0 Å². The first-order chi connectivity index (χ1) is 16.7. The van der Waals surface area contributed by atoms with E-state index in [1.54, 1.807) is 0 Å². The molecule has 0 radical (unpaired) electrons. The highest BCUT2D eigenvalue weighted by atomic mass is 35.5. The molecule has 5 rings (SSSR count). The van der Waals surface area contributed by atoms with Crippen LogP contribution in [0.5, 0.6) is 0 Å². The average Bonchev–Trinajstić information content (AvgIpc) is 2.94. The van der Waals surface area contributed by atoms with Gasteiger partial charge in [-0.1, -0.05) is 60.7 Å². The number of halogens is 1. The molecule has 2 aromatic carbocycles. The second-order valence-corrected chi connectivity index (χ2v) is 10.6. The minimum atomic E-state index is -0.385. The van der Waals surface area contributed by atoms with E-state index in [2.05, 4.69) is 52.3 Å². The minimum absolute atomic E-state index is 0. The number of amides is 1. The number of nitrogens with zero attached hydrogens (tertiary/aromatic N) is 3. The number of piperidine rings is 2. The van der Waals surface area contributed by atoms with Crippen molar-refractivity contribution in [1.82, 2.24) is 9.80 Å². The number of likely N-dealkylation sites (tertiary alicyclic amines) is 2. The molecule has 3 aliphatic rings. The minimum Gasteiger partial charge on any atom is -0.342 e. The first-order valence-electron chi connectivity index (χ1n) is 13.2. The SMILES string of the molecule is Cl.N#CC1(c2ccccc2)CCC(N2CCC(C(=O)N3CCCCC3)(c3ccccc3)CC2)CC1. The summed E-state index contributed by atoms with van der Waals surface area (Å²) in [7, 11) is 0. The van der Waals surface area contributed by atoms with Gasteiger partial charge in [0.1, 0.15) is 0 Å². The van der Waals surface area contributed by atoms with Crippen molar-refractivity contribution >= 4 is 18.3 Å². The molecule has 0 atom stereocenters. The lowest BCUT2D eigenvalue weighted by molar-refractivity contribution is -0.140. The van der Waals surface area contributed by atoms with Crippen molar-refractivity contribution in [2.75, 3.05) is 26.2 Å². The molecular weight excluding hydrogens is 454 g/mol.